The summed E-state index contributed by atoms with van der Waals surface area (Å²) in [6.07, 6.45) is 6.08. The van der Waals surface area contributed by atoms with Crippen molar-refractivity contribution >= 4 is 62.3 Å². The van der Waals surface area contributed by atoms with Crippen molar-refractivity contribution in [1.29, 1.82) is 0 Å². The van der Waals surface area contributed by atoms with E-state index in [1.807, 2.05) is 0 Å². The minimum absolute atomic E-state index is 0.0488. The summed E-state index contributed by atoms with van der Waals surface area (Å²) >= 11 is 18.2. The Bertz CT molecular complexity index is 1190. The third kappa shape index (κ3) is 7.75. The predicted octanol–water partition coefficient (Wildman–Crippen LogP) is 5.28. The molecule has 1 saturated carbocycles. The lowest BCUT2D eigenvalue weighted by Crippen LogP contribution is -2.52. The van der Waals surface area contributed by atoms with E-state index in [9.17, 15) is 18.0 Å². The van der Waals surface area contributed by atoms with E-state index in [-0.39, 0.29) is 18.5 Å². The highest BCUT2D eigenvalue weighted by Gasteiger charge is 2.31. The molecule has 0 aromatic heterocycles. The SMILES string of the molecule is C[C@H](C(=O)NC1CCCCC1)N(Cc1ccc(Cl)c(Cl)c1)C(=O)CN(c1ccc(Cl)cc1)S(C)(=O)=O. The highest BCUT2D eigenvalue weighted by atomic mass is 35.5. The molecule has 11 heteroatoms. The smallest absolute Gasteiger partial charge is 0.244 e. The van der Waals surface area contributed by atoms with E-state index in [4.69, 9.17) is 34.8 Å². The van der Waals surface area contributed by atoms with E-state index < -0.39 is 28.5 Å². The Morgan fingerprint density at radius 3 is 2.22 bits per heavy atom. The number of halogens is 3. The van der Waals surface area contributed by atoms with Gasteiger partial charge in [0, 0.05) is 17.6 Å². The molecule has 0 unspecified atom stereocenters. The number of anilines is 1. The number of hydrogen-bond acceptors (Lipinski definition) is 4. The summed E-state index contributed by atoms with van der Waals surface area (Å²) in [4.78, 5) is 28.1. The standard InChI is InChI=1S/C25H30Cl3N3O4S/c1-17(25(33)29-20-6-4-3-5-7-20)30(15-18-8-13-22(27)23(28)14-18)24(32)16-31(36(2,34)35)21-11-9-19(26)10-12-21/h8-14,17,20H,3-7,15-16H2,1-2H3,(H,29,33)/t17-/m1/s1. The van der Waals surface area contributed by atoms with Crippen molar-refractivity contribution in [2.24, 2.45) is 0 Å². The zero-order valence-corrected chi connectivity index (χ0v) is 23.3. The predicted molar refractivity (Wildman–Crippen MR) is 145 cm³/mol. The van der Waals surface area contributed by atoms with Gasteiger partial charge in [0.15, 0.2) is 0 Å². The van der Waals surface area contributed by atoms with Gasteiger partial charge in [0.2, 0.25) is 21.8 Å². The van der Waals surface area contributed by atoms with Crippen LogP contribution < -0.4 is 9.62 Å². The van der Waals surface area contributed by atoms with Gasteiger partial charge in [-0.1, -0.05) is 60.1 Å². The van der Waals surface area contributed by atoms with Crippen molar-refractivity contribution < 1.29 is 18.0 Å². The second-order valence-corrected chi connectivity index (χ2v) is 12.2. The first-order valence-corrected chi connectivity index (χ1v) is 14.7. The highest BCUT2D eigenvalue weighted by molar-refractivity contribution is 7.92. The lowest BCUT2D eigenvalue weighted by Gasteiger charge is -2.33. The van der Waals surface area contributed by atoms with Crippen LogP contribution >= 0.6 is 34.8 Å². The van der Waals surface area contributed by atoms with Crippen LogP contribution in [0.3, 0.4) is 0 Å². The molecule has 1 atom stereocenters. The maximum Gasteiger partial charge on any atom is 0.244 e. The molecule has 2 amide bonds. The van der Waals surface area contributed by atoms with Gasteiger partial charge in [-0.15, -0.1) is 0 Å². The van der Waals surface area contributed by atoms with Gasteiger partial charge in [0.1, 0.15) is 12.6 Å². The van der Waals surface area contributed by atoms with Gasteiger partial charge in [0.25, 0.3) is 0 Å². The second kappa shape index (κ2) is 12.5. The summed E-state index contributed by atoms with van der Waals surface area (Å²) in [6, 6.07) is 10.3. The van der Waals surface area contributed by atoms with E-state index in [2.05, 4.69) is 5.32 Å². The van der Waals surface area contributed by atoms with Crippen LogP contribution in [0.5, 0.6) is 0 Å². The normalized spacial score (nSPS) is 15.2. The van der Waals surface area contributed by atoms with E-state index in [1.54, 1.807) is 37.3 Å². The van der Waals surface area contributed by atoms with Crippen molar-refractivity contribution in [1.82, 2.24) is 10.2 Å². The molecule has 0 bridgehead atoms. The number of hydrogen-bond donors (Lipinski definition) is 1. The van der Waals surface area contributed by atoms with Gasteiger partial charge in [-0.3, -0.25) is 13.9 Å². The van der Waals surface area contributed by atoms with Gasteiger partial charge in [0.05, 0.1) is 22.0 Å². The molecular formula is C25H30Cl3N3O4S. The van der Waals surface area contributed by atoms with Gasteiger partial charge >= 0.3 is 0 Å². The van der Waals surface area contributed by atoms with Crippen molar-refractivity contribution in [3.05, 3.63) is 63.1 Å². The Kier molecular flexibility index (Phi) is 9.92. The number of amides is 2. The average Bonchev–Trinajstić information content (AvgIpc) is 2.83. The Morgan fingerprint density at radius 1 is 1.00 bits per heavy atom. The molecule has 0 aliphatic heterocycles. The number of rotatable bonds is 9. The topological polar surface area (TPSA) is 86.8 Å². The fourth-order valence-electron chi connectivity index (χ4n) is 4.21. The molecular weight excluding hydrogens is 545 g/mol. The molecule has 3 rings (SSSR count). The van der Waals surface area contributed by atoms with Crippen LogP contribution in [0.4, 0.5) is 5.69 Å². The number of sulfonamides is 1. The Morgan fingerprint density at radius 2 is 1.64 bits per heavy atom. The lowest BCUT2D eigenvalue weighted by molar-refractivity contribution is -0.139. The van der Waals surface area contributed by atoms with Crippen LogP contribution in [0.25, 0.3) is 0 Å². The quantitative estimate of drug-likeness (QED) is 0.442. The maximum atomic E-state index is 13.6. The van der Waals surface area contributed by atoms with Crippen LogP contribution in [-0.4, -0.2) is 50.0 Å². The summed E-state index contributed by atoms with van der Waals surface area (Å²) < 4.78 is 26.2. The Hall–Kier alpha value is -2.00. The molecule has 0 saturated heterocycles. The zero-order valence-electron chi connectivity index (χ0n) is 20.2. The molecule has 2 aromatic carbocycles. The summed E-state index contributed by atoms with van der Waals surface area (Å²) in [5.74, 6) is -0.819. The van der Waals surface area contributed by atoms with Crippen LogP contribution in [0.15, 0.2) is 42.5 Å². The molecule has 7 nitrogen and oxygen atoms in total. The van der Waals surface area contributed by atoms with Crippen molar-refractivity contribution in [2.75, 3.05) is 17.1 Å². The Labute approximate surface area is 227 Å². The van der Waals surface area contributed by atoms with Crippen molar-refractivity contribution in [3.63, 3.8) is 0 Å². The summed E-state index contributed by atoms with van der Waals surface area (Å²) in [6.45, 7) is 1.21. The fraction of sp³-hybridized carbons (Fsp3) is 0.440. The van der Waals surface area contributed by atoms with Gasteiger partial charge in [-0.25, -0.2) is 8.42 Å². The van der Waals surface area contributed by atoms with Gasteiger partial charge < -0.3 is 10.2 Å². The number of nitrogens with zero attached hydrogens (tertiary/aromatic N) is 2. The number of benzene rings is 2. The van der Waals surface area contributed by atoms with Crippen LogP contribution in [0.2, 0.25) is 15.1 Å². The molecule has 2 aromatic rings. The molecule has 1 aliphatic rings. The molecule has 1 aliphatic carbocycles. The van der Waals surface area contributed by atoms with Crippen molar-refractivity contribution in [3.8, 4) is 0 Å². The molecule has 1 N–H and O–H groups in total. The van der Waals surface area contributed by atoms with Gasteiger partial charge in [-0.2, -0.15) is 0 Å². The van der Waals surface area contributed by atoms with Crippen molar-refractivity contribution in [2.45, 2.75) is 57.7 Å². The van der Waals surface area contributed by atoms with Crippen LogP contribution in [0.1, 0.15) is 44.6 Å². The first-order valence-electron chi connectivity index (χ1n) is 11.7. The van der Waals surface area contributed by atoms with E-state index >= 15 is 0 Å². The monoisotopic (exact) mass is 573 g/mol. The molecule has 196 valence electrons. The molecule has 0 spiro atoms. The van der Waals surface area contributed by atoms with Crippen LogP contribution in [-0.2, 0) is 26.2 Å². The maximum absolute atomic E-state index is 13.6. The Balaban J connectivity index is 1.88. The third-order valence-electron chi connectivity index (χ3n) is 6.25. The molecule has 1 fully saturated rings. The molecule has 36 heavy (non-hydrogen) atoms. The van der Waals surface area contributed by atoms with Crippen LogP contribution in [0, 0.1) is 0 Å². The summed E-state index contributed by atoms with van der Waals surface area (Å²) in [5.41, 5.74) is 0.955. The van der Waals surface area contributed by atoms with E-state index in [1.165, 1.54) is 17.0 Å². The highest BCUT2D eigenvalue weighted by Crippen LogP contribution is 2.25. The minimum atomic E-state index is -3.81. The van der Waals surface area contributed by atoms with E-state index in [0.29, 0.717) is 26.3 Å². The number of carbonyl (C=O) groups is 2. The average molecular weight is 575 g/mol. The summed E-state index contributed by atoms with van der Waals surface area (Å²) in [5, 5.41) is 4.18. The number of nitrogens with one attached hydrogen (secondary N) is 1. The van der Waals surface area contributed by atoms with Gasteiger partial charge in [-0.05, 0) is 61.7 Å². The number of carbonyl (C=O) groups excluding carboxylic acids is 2. The summed E-state index contributed by atoms with van der Waals surface area (Å²) in [7, 11) is -3.81. The third-order valence-corrected chi connectivity index (χ3v) is 8.38. The lowest BCUT2D eigenvalue weighted by atomic mass is 9.95. The molecule has 0 radical (unpaired) electrons. The zero-order chi connectivity index (χ0) is 26.5. The minimum Gasteiger partial charge on any atom is -0.352 e. The molecule has 0 heterocycles. The first kappa shape index (κ1) is 28.6. The second-order valence-electron chi connectivity index (χ2n) is 9.04. The largest absolute Gasteiger partial charge is 0.352 e. The fourth-order valence-corrected chi connectivity index (χ4v) is 5.50. The first-order chi connectivity index (χ1) is 17.0. The van der Waals surface area contributed by atoms with E-state index in [0.717, 1.165) is 42.7 Å².